The molecule has 2 unspecified atom stereocenters. The van der Waals surface area contributed by atoms with Gasteiger partial charge in [-0.15, -0.1) is 0 Å². The number of alkyl halides is 3. The van der Waals surface area contributed by atoms with Gasteiger partial charge in [-0.3, -0.25) is 0 Å². The number of hydrogen-bond donors (Lipinski definition) is 2. The number of aliphatic hydroxyl groups is 1. The Balaban J connectivity index is 2.00. The molecule has 112 valence electrons. The summed E-state index contributed by atoms with van der Waals surface area (Å²) in [6.45, 7) is 0.488. The lowest BCUT2D eigenvalue weighted by atomic mass is 9.87. The zero-order valence-corrected chi connectivity index (χ0v) is 11.5. The van der Waals surface area contributed by atoms with E-state index in [4.69, 9.17) is 11.6 Å². The van der Waals surface area contributed by atoms with E-state index in [2.05, 4.69) is 10.3 Å². The van der Waals surface area contributed by atoms with Crippen LogP contribution in [0.15, 0.2) is 12.1 Å². The van der Waals surface area contributed by atoms with Crippen LogP contribution < -0.4 is 5.32 Å². The molecular formula is C13H16ClF3N2O. The molecule has 2 N–H and O–H groups in total. The molecule has 1 aliphatic carbocycles. The van der Waals surface area contributed by atoms with Gasteiger partial charge in [-0.05, 0) is 37.3 Å². The van der Waals surface area contributed by atoms with Gasteiger partial charge in [0.1, 0.15) is 11.0 Å². The van der Waals surface area contributed by atoms with E-state index in [1.807, 2.05) is 0 Å². The number of aliphatic hydroxyl groups excluding tert-OH is 1. The van der Waals surface area contributed by atoms with E-state index in [9.17, 15) is 18.3 Å². The number of nitrogens with zero attached hydrogens (tertiary/aromatic N) is 1. The predicted octanol–water partition coefficient (Wildman–Crippen LogP) is 3.72. The largest absolute Gasteiger partial charge is 0.416 e. The van der Waals surface area contributed by atoms with Crippen LogP contribution in [-0.4, -0.2) is 22.7 Å². The van der Waals surface area contributed by atoms with E-state index >= 15 is 0 Å². The molecule has 0 amide bonds. The Morgan fingerprint density at radius 1 is 1.35 bits per heavy atom. The molecule has 2 rings (SSSR count). The van der Waals surface area contributed by atoms with Crippen molar-refractivity contribution in [1.82, 2.24) is 4.98 Å². The SMILES string of the molecule is OC1CCCC(CNc2cc(C(F)(F)F)cc(Cl)n2)C1. The summed E-state index contributed by atoms with van der Waals surface area (Å²) in [4.78, 5) is 3.84. The van der Waals surface area contributed by atoms with Crippen LogP contribution in [-0.2, 0) is 6.18 Å². The number of hydrogen-bond acceptors (Lipinski definition) is 3. The van der Waals surface area contributed by atoms with Gasteiger partial charge in [-0.2, -0.15) is 13.2 Å². The van der Waals surface area contributed by atoms with Gasteiger partial charge in [0.2, 0.25) is 0 Å². The van der Waals surface area contributed by atoms with Crippen LogP contribution in [0.4, 0.5) is 19.0 Å². The smallest absolute Gasteiger partial charge is 0.393 e. The predicted molar refractivity (Wildman–Crippen MR) is 70.7 cm³/mol. The zero-order valence-electron chi connectivity index (χ0n) is 10.8. The summed E-state index contributed by atoms with van der Waals surface area (Å²) in [5.41, 5.74) is -0.816. The lowest BCUT2D eigenvalue weighted by Crippen LogP contribution is -2.25. The molecule has 0 aromatic carbocycles. The third-order valence-electron chi connectivity index (χ3n) is 3.45. The Labute approximate surface area is 120 Å². The average Bonchev–Trinajstić information content (AvgIpc) is 2.35. The molecule has 2 atom stereocenters. The molecule has 1 aromatic heterocycles. The van der Waals surface area contributed by atoms with Crippen LogP contribution in [0.2, 0.25) is 5.15 Å². The summed E-state index contributed by atoms with van der Waals surface area (Å²) < 4.78 is 37.9. The average molecular weight is 309 g/mol. The number of rotatable bonds is 3. The normalized spacial score (nSPS) is 23.6. The fourth-order valence-corrected chi connectivity index (χ4v) is 2.66. The van der Waals surface area contributed by atoms with Crippen molar-refractivity contribution in [1.29, 1.82) is 0 Å². The van der Waals surface area contributed by atoms with Crippen LogP contribution in [0.3, 0.4) is 0 Å². The third-order valence-corrected chi connectivity index (χ3v) is 3.64. The minimum atomic E-state index is -4.44. The van der Waals surface area contributed by atoms with Crippen LogP contribution in [0.1, 0.15) is 31.2 Å². The highest BCUT2D eigenvalue weighted by Crippen LogP contribution is 2.32. The molecule has 0 aliphatic heterocycles. The third kappa shape index (κ3) is 4.24. The molecule has 0 saturated heterocycles. The maximum atomic E-state index is 12.6. The number of halogens is 4. The van der Waals surface area contributed by atoms with E-state index < -0.39 is 11.7 Å². The van der Waals surface area contributed by atoms with Crippen molar-refractivity contribution in [2.24, 2.45) is 5.92 Å². The van der Waals surface area contributed by atoms with Gasteiger partial charge in [0.25, 0.3) is 0 Å². The van der Waals surface area contributed by atoms with Gasteiger partial charge < -0.3 is 10.4 Å². The monoisotopic (exact) mass is 308 g/mol. The standard InChI is InChI=1S/C13H16ClF3N2O/c14-11-5-9(13(15,16)17)6-12(19-11)18-7-8-2-1-3-10(20)4-8/h5-6,8,10,20H,1-4,7H2,(H,18,19). The second-order valence-electron chi connectivity index (χ2n) is 5.13. The molecule has 0 spiro atoms. The van der Waals surface area contributed by atoms with Crippen molar-refractivity contribution in [3.63, 3.8) is 0 Å². The van der Waals surface area contributed by atoms with E-state index in [-0.39, 0.29) is 23.0 Å². The second-order valence-corrected chi connectivity index (χ2v) is 5.52. The quantitative estimate of drug-likeness (QED) is 0.837. The Hall–Kier alpha value is -1.01. The minimum absolute atomic E-state index is 0.116. The van der Waals surface area contributed by atoms with E-state index in [1.165, 1.54) is 0 Å². The van der Waals surface area contributed by atoms with Gasteiger partial charge in [0.15, 0.2) is 0 Å². The van der Waals surface area contributed by atoms with E-state index in [1.54, 1.807) is 0 Å². The molecular weight excluding hydrogens is 293 g/mol. The summed E-state index contributed by atoms with van der Waals surface area (Å²) in [7, 11) is 0. The highest BCUT2D eigenvalue weighted by atomic mass is 35.5. The topological polar surface area (TPSA) is 45.1 Å². The summed E-state index contributed by atoms with van der Waals surface area (Å²) in [5, 5.41) is 12.3. The van der Waals surface area contributed by atoms with Crippen LogP contribution in [0.5, 0.6) is 0 Å². The van der Waals surface area contributed by atoms with E-state index in [0.29, 0.717) is 13.0 Å². The molecule has 1 saturated carbocycles. The minimum Gasteiger partial charge on any atom is -0.393 e. The van der Waals surface area contributed by atoms with Crippen molar-refractivity contribution in [3.05, 3.63) is 22.8 Å². The molecule has 20 heavy (non-hydrogen) atoms. The van der Waals surface area contributed by atoms with Crippen LogP contribution in [0, 0.1) is 5.92 Å². The molecule has 1 fully saturated rings. The Morgan fingerprint density at radius 2 is 2.10 bits per heavy atom. The fraction of sp³-hybridized carbons (Fsp3) is 0.615. The summed E-state index contributed by atoms with van der Waals surface area (Å²) in [6, 6.07) is 1.75. The van der Waals surface area contributed by atoms with Gasteiger partial charge in [0.05, 0.1) is 11.7 Å². The van der Waals surface area contributed by atoms with Crippen molar-refractivity contribution in [3.8, 4) is 0 Å². The molecule has 3 nitrogen and oxygen atoms in total. The molecule has 1 aliphatic rings. The van der Waals surface area contributed by atoms with Crippen molar-refractivity contribution in [2.45, 2.75) is 38.0 Å². The molecule has 1 heterocycles. The molecule has 0 bridgehead atoms. The summed E-state index contributed by atoms with van der Waals surface area (Å²) in [5.74, 6) is 0.360. The molecule has 0 radical (unpaired) electrons. The van der Waals surface area contributed by atoms with Crippen LogP contribution in [0.25, 0.3) is 0 Å². The summed E-state index contributed by atoms with van der Waals surface area (Å²) >= 11 is 5.61. The molecule has 1 aromatic rings. The van der Waals surface area contributed by atoms with Gasteiger partial charge in [-0.1, -0.05) is 18.0 Å². The van der Waals surface area contributed by atoms with Gasteiger partial charge in [-0.25, -0.2) is 4.98 Å². The van der Waals surface area contributed by atoms with Crippen LogP contribution >= 0.6 is 11.6 Å². The number of aromatic nitrogens is 1. The van der Waals surface area contributed by atoms with E-state index in [0.717, 1.165) is 31.4 Å². The van der Waals surface area contributed by atoms with Gasteiger partial charge in [0, 0.05) is 6.54 Å². The second kappa shape index (κ2) is 6.18. The fourth-order valence-electron chi connectivity index (χ4n) is 2.45. The first-order valence-corrected chi connectivity index (χ1v) is 6.89. The first-order valence-electron chi connectivity index (χ1n) is 6.51. The maximum absolute atomic E-state index is 12.6. The van der Waals surface area contributed by atoms with Gasteiger partial charge >= 0.3 is 6.18 Å². The number of nitrogens with one attached hydrogen (secondary N) is 1. The lowest BCUT2D eigenvalue weighted by molar-refractivity contribution is -0.137. The Morgan fingerprint density at radius 3 is 2.75 bits per heavy atom. The Kier molecular flexibility index (Phi) is 4.75. The number of pyridine rings is 1. The van der Waals surface area contributed by atoms with Crippen molar-refractivity contribution in [2.75, 3.05) is 11.9 Å². The highest BCUT2D eigenvalue weighted by Gasteiger charge is 2.31. The molecule has 7 heteroatoms. The zero-order chi connectivity index (χ0) is 14.8. The first kappa shape index (κ1) is 15.4. The Bertz CT molecular complexity index is 467. The highest BCUT2D eigenvalue weighted by molar-refractivity contribution is 6.29. The first-order chi connectivity index (χ1) is 9.34. The maximum Gasteiger partial charge on any atom is 0.416 e. The van der Waals surface area contributed by atoms with Crippen molar-refractivity contribution >= 4 is 17.4 Å². The number of anilines is 1. The summed E-state index contributed by atoms with van der Waals surface area (Å²) in [6.07, 6.45) is -1.40. The van der Waals surface area contributed by atoms with Crippen molar-refractivity contribution < 1.29 is 18.3 Å². The lowest BCUT2D eigenvalue weighted by Gasteiger charge is -2.26.